The van der Waals surface area contributed by atoms with Crippen molar-refractivity contribution in [2.24, 2.45) is 0 Å². The molecule has 0 fully saturated rings. The minimum Gasteiger partial charge on any atom is -0.403 e. The van der Waals surface area contributed by atoms with E-state index in [1.54, 1.807) is 0 Å². The summed E-state index contributed by atoms with van der Waals surface area (Å²) in [6.07, 6.45) is -7.52. The zero-order chi connectivity index (χ0) is 13.2. The van der Waals surface area contributed by atoms with Gasteiger partial charge < -0.3 is 4.74 Å². The Balaban J connectivity index is 3.28. The number of ether oxygens (including phenoxy) is 1. The number of aromatic nitrogens is 1. The van der Waals surface area contributed by atoms with Crippen molar-refractivity contribution in [2.75, 3.05) is 0 Å². The smallest absolute Gasteiger partial charge is 0.403 e. The Labute approximate surface area is 92.4 Å². The molecule has 0 saturated carbocycles. The highest BCUT2D eigenvalue weighted by atomic mass is 19.4. The Morgan fingerprint density at radius 1 is 1.41 bits per heavy atom. The van der Waals surface area contributed by atoms with Gasteiger partial charge in [-0.1, -0.05) is 0 Å². The monoisotopic (exact) mass is 252 g/mol. The Bertz CT molecular complexity index is 464. The molecule has 8 heteroatoms. The molecule has 0 aliphatic heterocycles. The number of hydrogen-bond donors (Lipinski definition) is 0. The zero-order valence-electron chi connectivity index (χ0n) is 8.35. The molecule has 0 spiro atoms. The topological polar surface area (TPSA) is 45.9 Å². The van der Waals surface area contributed by atoms with Crippen molar-refractivity contribution < 1.29 is 26.7 Å². The van der Waals surface area contributed by atoms with Crippen molar-refractivity contribution in [1.29, 1.82) is 5.26 Å². The van der Waals surface area contributed by atoms with E-state index in [0.29, 0.717) is 6.20 Å². The molecule has 0 aromatic carbocycles. The summed E-state index contributed by atoms with van der Waals surface area (Å²) in [5, 5.41) is 8.63. The van der Waals surface area contributed by atoms with Crippen LogP contribution in [0, 0.1) is 18.3 Å². The van der Waals surface area contributed by atoms with Gasteiger partial charge in [-0.3, -0.25) is 4.98 Å². The molecule has 0 radical (unpaired) electrons. The summed E-state index contributed by atoms with van der Waals surface area (Å²) in [5.74, 6) is -0.887. The van der Waals surface area contributed by atoms with E-state index >= 15 is 0 Å². The first kappa shape index (κ1) is 13.2. The van der Waals surface area contributed by atoms with E-state index in [1.165, 1.54) is 6.07 Å². The fourth-order valence-corrected chi connectivity index (χ4v) is 1.16. The molecular formula is C9H5F5N2O. The van der Waals surface area contributed by atoms with Gasteiger partial charge in [0, 0.05) is 0 Å². The molecule has 0 bridgehead atoms. The van der Waals surface area contributed by atoms with Crippen LogP contribution in [-0.2, 0) is 0 Å². The zero-order valence-corrected chi connectivity index (χ0v) is 8.35. The molecule has 17 heavy (non-hydrogen) atoms. The lowest BCUT2D eigenvalue weighted by molar-refractivity contribution is -0.274. The maximum absolute atomic E-state index is 12.4. The van der Waals surface area contributed by atoms with E-state index in [9.17, 15) is 22.0 Å². The molecular weight excluding hydrogens is 247 g/mol. The van der Waals surface area contributed by atoms with Crippen LogP contribution in [0.1, 0.15) is 23.2 Å². The van der Waals surface area contributed by atoms with E-state index in [-0.39, 0.29) is 5.56 Å². The summed E-state index contributed by atoms with van der Waals surface area (Å²) in [6, 6.07) is 1.38. The van der Waals surface area contributed by atoms with Crippen molar-refractivity contribution in [3.8, 4) is 11.8 Å². The van der Waals surface area contributed by atoms with Crippen LogP contribution in [0.25, 0.3) is 0 Å². The molecule has 0 atom stereocenters. The lowest BCUT2D eigenvalue weighted by Gasteiger charge is -2.12. The second-order valence-electron chi connectivity index (χ2n) is 2.97. The normalized spacial score (nSPS) is 11.4. The summed E-state index contributed by atoms with van der Waals surface area (Å²) in [4.78, 5) is 3.14. The molecule has 1 aromatic heterocycles. The first-order chi connectivity index (χ1) is 7.76. The van der Waals surface area contributed by atoms with Crippen LogP contribution in [0.5, 0.6) is 5.75 Å². The van der Waals surface area contributed by atoms with E-state index in [1.807, 2.05) is 0 Å². The highest BCUT2D eigenvalue weighted by Gasteiger charge is 2.33. The summed E-state index contributed by atoms with van der Waals surface area (Å²) in [7, 11) is 0. The van der Waals surface area contributed by atoms with Crippen LogP contribution in [0.2, 0.25) is 0 Å². The number of alkyl halides is 5. The highest BCUT2D eigenvalue weighted by Crippen LogP contribution is 2.31. The number of hydrogen-bond acceptors (Lipinski definition) is 3. The van der Waals surface area contributed by atoms with Gasteiger partial charge in [-0.15, -0.1) is 13.2 Å². The first-order valence-electron chi connectivity index (χ1n) is 4.19. The fraction of sp³-hybridized carbons (Fsp3) is 0.333. The van der Waals surface area contributed by atoms with Crippen LogP contribution in [0.4, 0.5) is 22.0 Å². The van der Waals surface area contributed by atoms with Crippen LogP contribution < -0.4 is 4.74 Å². The largest absolute Gasteiger partial charge is 0.573 e. The Morgan fingerprint density at radius 2 is 2.00 bits per heavy atom. The van der Waals surface area contributed by atoms with Crippen LogP contribution >= 0.6 is 0 Å². The molecule has 0 saturated heterocycles. The van der Waals surface area contributed by atoms with Crippen molar-refractivity contribution in [3.05, 3.63) is 23.0 Å². The summed E-state index contributed by atoms with van der Waals surface area (Å²) >= 11 is 0. The van der Waals surface area contributed by atoms with Gasteiger partial charge in [-0.2, -0.15) is 5.26 Å². The summed E-state index contributed by atoms with van der Waals surface area (Å²) in [6.45, 7) is 1.08. The van der Waals surface area contributed by atoms with E-state index < -0.39 is 29.8 Å². The molecule has 0 aliphatic carbocycles. The molecule has 0 amide bonds. The molecule has 1 heterocycles. The molecule has 0 N–H and O–H groups in total. The third-order valence-corrected chi connectivity index (χ3v) is 1.87. The molecule has 1 rings (SSSR count). The SMILES string of the molecule is Cc1c(C(F)F)ncc(OC(F)(F)F)c1C#N. The maximum Gasteiger partial charge on any atom is 0.573 e. The van der Waals surface area contributed by atoms with E-state index in [0.717, 1.165) is 6.92 Å². The van der Waals surface area contributed by atoms with Crippen molar-refractivity contribution in [3.63, 3.8) is 0 Å². The number of nitriles is 1. The number of halogens is 5. The average molecular weight is 252 g/mol. The van der Waals surface area contributed by atoms with Gasteiger partial charge in [0.2, 0.25) is 0 Å². The molecule has 3 nitrogen and oxygen atoms in total. The van der Waals surface area contributed by atoms with Crippen LogP contribution in [-0.4, -0.2) is 11.3 Å². The molecule has 1 aromatic rings. The Hall–Kier alpha value is -1.91. The Morgan fingerprint density at radius 3 is 2.41 bits per heavy atom. The third kappa shape index (κ3) is 3.03. The highest BCUT2D eigenvalue weighted by molar-refractivity contribution is 5.49. The number of rotatable bonds is 2. The second kappa shape index (κ2) is 4.53. The van der Waals surface area contributed by atoms with Crippen molar-refractivity contribution >= 4 is 0 Å². The van der Waals surface area contributed by atoms with Gasteiger partial charge in [0.1, 0.15) is 17.3 Å². The average Bonchev–Trinajstić information content (AvgIpc) is 2.15. The van der Waals surface area contributed by atoms with Gasteiger partial charge in [0.05, 0.1) is 6.20 Å². The quantitative estimate of drug-likeness (QED) is 0.760. The minimum absolute atomic E-state index is 0.329. The third-order valence-electron chi connectivity index (χ3n) is 1.87. The Kier molecular flexibility index (Phi) is 3.50. The molecule has 0 aliphatic rings. The first-order valence-corrected chi connectivity index (χ1v) is 4.19. The maximum atomic E-state index is 12.4. The summed E-state index contributed by atoms with van der Waals surface area (Å²) in [5.41, 5.74) is -1.67. The van der Waals surface area contributed by atoms with E-state index in [2.05, 4.69) is 9.72 Å². The van der Waals surface area contributed by atoms with Gasteiger partial charge in [-0.25, -0.2) is 8.78 Å². The van der Waals surface area contributed by atoms with Gasteiger partial charge in [-0.05, 0) is 12.5 Å². The summed E-state index contributed by atoms with van der Waals surface area (Å²) < 4.78 is 64.1. The lowest BCUT2D eigenvalue weighted by atomic mass is 10.1. The molecule has 92 valence electrons. The number of nitrogens with zero attached hydrogens (tertiary/aromatic N) is 2. The standard InChI is InChI=1S/C9H5F5N2O/c1-4-5(2-15)6(17-9(12,13)14)3-16-7(4)8(10)11/h3,8H,1H3. The van der Waals surface area contributed by atoms with Crippen LogP contribution in [0.15, 0.2) is 6.20 Å². The van der Waals surface area contributed by atoms with E-state index in [4.69, 9.17) is 5.26 Å². The predicted molar refractivity (Wildman–Crippen MR) is 45.3 cm³/mol. The second-order valence-corrected chi connectivity index (χ2v) is 2.97. The minimum atomic E-state index is -5.01. The van der Waals surface area contributed by atoms with Gasteiger partial charge in [0.25, 0.3) is 6.43 Å². The van der Waals surface area contributed by atoms with Crippen LogP contribution in [0.3, 0.4) is 0 Å². The van der Waals surface area contributed by atoms with Crippen molar-refractivity contribution in [2.45, 2.75) is 19.7 Å². The fourth-order valence-electron chi connectivity index (χ4n) is 1.16. The molecule has 0 unspecified atom stereocenters. The predicted octanol–water partition coefficient (Wildman–Crippen LogP) is 3.10. The van der Waals surface area contributed by atoms with Gasteiger partial charge in [0.15, 0.2) is 5.75 Å². The van der Waals surface area contributed by atoms with Crippen molar-refractivity contribution in [1.82, 2.24) is 4.98 Å². The lowest BCUT2D eigenvalue weighted by Crippen LogP contribution is -2.18. The number of pyridine rings is 1. The van der Waals surface area contributed by atoms with Gasteiger partial charge >= 0.3 is 6.36 Å².